The van der Waals surface area contributed by atoms with Crippen molar-refractivity contribution in [3.05, 3.63) is 23.8 Å². The van der Waals surface area contributed by atoms with Crippen LogP contribution in [0.3, 0.4) is 0 Å². The van der Waals surface area contributed by atoms with E-state index in [1.54, 1.807) is 12.0 Å². The van der Waals surface area contributed by atoms with E-state index in [1.165, 1.54) is 12.6 Å². The van der Waals surface area contributed by atoms with Crippen LogP contribution in [0.2, 0.25) is 0 Å². The SMILES string of the molecule is C=NNC(=NC)C(N)=O.COc1ccc2c(c1)N(C)C(=O)CCC2. The van der Waals surface area contributed by atoms with Gasteiger partial charge in [0.15, 0.2) is 0 Å². The second-order valence-electron chi connectivity index (χ2n) is 5.01. The number of methoxy groups -OCH3 is 1. The monoisotopic (exact) mass is 333 g/mol. The predicted molar refractivity (Wildman–Crippen MR) is 94.6 cm³/mol. The van der Waals surface area contributed by atoms with Crippen molar-refractivity contribution in [2.45, 2.75) is 19.3 Å². The third-order valence-electron chi connectivity index (χ3n) is 3.51. The number of hydrazone groups is 1. The number of aryl methyl sites for hydroxylation is 1. The molecule has 24 heavy (non-hydrogen) atoms. The second-order valence-corrected chi connectivity index (χ2v) is 5.01. The minimum absolute atomic E-state index is 0.00463. The average Bonchev–Trinajstić information content (AvgIpc) is 2.72. The Morgan fingerprint density at radius 1 is 1.42 bits per heavy atom. The number of anilines is 1. The van der Waals surface area contributed by atoms with E-state index in [4.69, 9.17) is 10.5 Å². The van der Waals surface area contributed by atoms with Crippen LogP contribution in [0.15, 0.2) is 28.3 Å². The van der Waals surface area contributed by atoms with Crippen molar-refractivity contribution in [3.8, 4) is 5.75 Å². The molecule has 0 unspecified atom stereocenters. The lowest BCUT2D eigenvalue weighted by molar-refractivity contribution is -0.118. The van der Waals surface area contributed by atoms with Crippen molar-refractivity contribution >= 4 is 30.1 Å². The van der Waals surface area contributed by atoms with Gasteiger partial charge in [-0.2, -0.15) is 5.10 Å². The second kappa shape index (κ2) is 9.29. The van der Waals surface area contributed by atoms with Crippen LogP contribution in [0.5, 0.6) is 5.75 Å². The van der Waals surface area contributed by atoms with E-state index in [0.717, 1.165) is 24.3 Å². The van der Waals surface area contributed by atoms with E-state index in [2.05, 4.69) is 22.2 Å². The molecule has 2 rings (SSSR count). The number of hydrogen-bond acceptors (Lipinski definition) is 5. The number of hydrogen-bond donors (Lipinski definition) is 2. The quantitative estimate of drug-likeness (QED) is 0.471. The van der Waals surface area contributed by atoms with Crippen LogP contribution in [0.25, 0.3) is 0 Å². The highest BCUT2D eigenvalue weighted by Gasteiger charge is 2.18. The van der Waals surface area contributed by atoms with Gasteiger partial charge in [-0.05, 0) is 24.5 Å². The summed E-state index contributed by atoms with van der Waals surface area (Å²) in [6, 6.07) is 5.92. The number of ether oxygens (including phenoxy) is 1. The Morgan fingerprint density at radius 3 is 2.62 bits per heavy atom. The van der Waals surface area contributed by atoms with Crippen molar-refractivity contribution in [2.75, 3.05) is 26.1 Å². The van der Waals surface area contributed by atoms with Crippen LogP contribution >= 0.6 is 0 Å². The van der Waals surface area contributed by atoms with Gasteiger partial charge in [-0.1, -0.05) is 6.07 Å². The minimum atomic E-state index is -0.648. The average molecular weight is 333 g/mol. The molecule has 1 aromatic rings. The van der Waals surface area contributed by atoms with Crippen molar-refractivity contribution in [3.63, 3.8) is 0 Å². The molecule has 3 N–H and O–H groups in total. The summed E-state index contributed by atoms with van der Waals surface area (Å²) in [6.45, 7) is 3.08. The standard InChI is InChI=1S/C12H15NO2.C4H8N4O/c1-13-11-8-10(15-2)7-6-9(11)4-3-5-12(13)14;1-6-4(3(5)9)8-7-2/h6-8H,3-5H2,1-2H3;2H2,1H3,(H2,5,9)(H,6,8). The highest BCUT2D eigenvalue weighted by molar-refractivity contribution is 6.37. The van der Waals surface area contributed by atoms with Gasteiger partial charge in [0.1, 0.15) is 5.75 Å². The number of rotatable bonds is 2. The minimum Gasteiger partial charge on any atom is -0.497 e. The molecule has 1 aliphatic heterocycles. The first-order valence-corrected chi connectivity index (χ1v) is 7.36. The maximum atomic E-state index is 11.7. The summed E-state index contributed by atoms with van der Waals surface area (Å²) in [5.41, 5.74) is 9.24. The number of benzene rings is 1. The van der Waals surface area contributed by atoms with Gasteiger partial charge in [0.2, 0.25) is 11.7 Å². The van der Waals surface area contributed by atoms with Gasteiger partial charge in [-0.25, -0.2) is 0 Å². The maximum Gasteiger partial charge on any atom is 0.285 e. The molecule has 0 bridgehead atoms. The largest absolute Gasteiger partial charge is 0.497 e. The zero-order valence-corrected chi connectivity index (χ0v) is 14.2. The number of carbonyl (C=O) groups excluding carboxylic acids is 2. The third kappa shape index (κ3) is 5.08. The highest BCUT2D eigenvalue weighted by atomic mass is 16.5. The van der Waals surface area contributed by atoms with E-state index in [9.17, 15) is 9.59 Å². The van der Waals surface area contributed by atoms with Gasteiger partial charge in [0.25, 0.3) is 5.91 Å². The van der Waals surface area contributed by atoms with Gasteiger partial charge >= 0.3 is 0 Å². The Kier molecular flexibility index (Phi) is 7.41. The molecular weight excluding hydrogens is 310 g/mol. The molecule has 0 aliphatic carbocycles. The van der Waals surface area contributed by atoms with Gasteiger partial charge in [-0.15, -0.1) is 0 Å². The van der Waals surface area contributed by atoms with Crippen LogP contribution in [0.1, 0.15) is 18.4 Å². The first-order valence-electron chi connectivity index (χ1n) is 7.36. The fourth-order valence-corrected chi connectivity index (χ4v) is 2.22. The zero-order valence-electron chi connectivity index (χ0n) is 14.2. The summed E-state index contributed by atoms with van der Waals surface area (Å²) >= 11 is 0. The molecule has 8 nitrogen and oxygen atoms in total. The summed E-state index contributed by atoms with van der Waals surface area (Å²) in [6.07, 6.45) is 2.53. The third-order valence-corrected chi connectivity index (χ3v) is 3.51. The van der Waals surface area contributed by atoms with Crippen LogP contribution in [0, 0.1) is 0 Å². The lowest BCUT2D eigenvalue weighted by Crippen LogP contribution is -2.32. The van der Waals surface area contributed by atoms with Crippen molar-refractivity contribution < 1.29 is 14.3 Å². The van der Waals surface area contributed by atoms with E-state index < -0.39 is 5.91 Å². The fourth-order valence-electron chi connectivity index (χ4n) is 2.22. The number of amides is 2. The molecule has 1 aromatic carbocycles. The van der Waals surface area contributed by atoms with E-state index in [0.29, 0.717) is 6.42 Å². The smallest absolute Gasteiger partial charge is 0.285 e. The molecule has 0 radical (unpaired) electrons. The van der Waals surface area contributed by atoms with Crippen LogP contribution in [-0.2, 0) is 16.0 Å². The Bertz CT molecular complexity index is 643. The summed E-state index contributed by atoms with van der Waals surface area (Å²) in [5.74, 6) is 0.340. The molecule has 0 aromatic heterocycles. The molecule has 0 saturated heterocycles. The van der Waals surface area contributed by atoms with Crippen molar-refractivity contribution in [1.82, 2.24) is 5.43 Å². The molecule has 2 amide bonds. The topological polar surface area (TPSA) is 109 Å². The molecule has 8 heteroatoms. The number of nitrogens with two attached hydrogens (primary N) is 1. The number of amidine groups is 1. The molecule has 0 fully saturated rings. The molecule has 0 atom stereocenters. The number of nitrogens with zero attached hydrogens (tertiary/aromatic N) is 3. The number of aliphatic imine (C=N–C) groups is 1. The van der Waals surface area contributed by atoms with Gasteiger partial charge in [0, 0.05) is 33.3 Å². The lowest BCUT2D eigenvalue weighted by Gasteiger charge is -2.18. The van der Waals surface area contributed by atoms with Gasteiger partial charge < -0.3 is 15.4 Å². The first-order chi connectivity index (χ1) is 11.4. The molecule has 0 spiro atoms. The number of primary amides is 1. The van der Waals surface area contributed by atoms with E-state index in [1.807, 2.05) is 25.2 Å². The summed E-state index contributed by atoms with van der Waals surface area (Å²) < 4.78 is 5.17. The molecular formula is C16H23N5O3. The Hall–Kier alpha value is -2.90. The summed E-state index contributed by atoms with van der Waals surface area (Å²) in [4.78, 5) is 27.1. The zero-order chi connectivity index (χ0) is 18.1. The van der Waals surface area contributed by atoms with Crippen LogP contribution in [-0.4, -0.2) is 45.6 Å². The summed E-state index contributed by atoms with van der Waals surface area (Å²) in [7, 11) is 4.89. The molecule has 1 aliphatic rings. The Labute approximate surface area is 141 Å². The normalized spacial score (nSPS) is 13.9. The maximum absolute atomic E-state index is 11.7. The Balaban J connectivity index is 0.000000277. The summed E-state index contributed by atoms with van der Waals surface area (Å²) in [5, 5.41) is 3.20. The highest BCUT2D eigenvalue weighted by Crippen LogP contribution is 2.29. The van der Waals surface area contributed by atoms with E-state index in [-0.39, 0.29) is 11.7 Å². The van der Waals surface area contributed by atoms with Crippen LogP contribution < -0.4 is 20.8 Å². The Morgan fingerprint density at radius 2 is 2.12 bits per heavy atom. The van der Waals surface area contributed by atoms with Crippen LogP contribution in [0.4, 0.5) is 5.69 Å². The fraction of sp³-hybridized carbons (Fsp3) is 0.375. The number of nitrogens with one attached hydrogen (secondary N) is 1. The van der Waals surface area contributed by atoms with Crippen molar-refractivity contribution in [1.29, 1.82) is 0 Å². The molecule has 0 saturated carbocycles. The molecule has 1 heterocycles. The van der Waals surface area contributed by atoms with Gasteiger partial charge in [0.05, 0.1) is 12.8 Å². The molecule has 130 valence electrons. The predicted octanol–water partition coefficient (Wildman–Crippen LogP) is 0.700. The lowest BCUT2D eigenvalue weighted by atomic mass is 10.1. The van der Waals surface area contributed by atoms with Crippen molar-refractivity contribution in [2.24, 2.45) is 15.8 Å². The number of carbonyl (C=O) groups is 2. The number of fused-ring (bicyclic) bond motifs is 1. The van der Waals surface area contributed by atoms with E-state index >= 15 is 0 Å². The first kappa shape index (κ1) is 19.1. The van der Waals surface area contributed by atoms with Gasteiger partial charge in [-0.3, -0.25) is 20.0 Å².